The van der Waals surface area contributed by atoms with Gasteiger partial charge in [-0.05, 0) is 31.0 Å². The SMILES string of the molecule is CNc1cncc(C(=O)N2CCC[C@@H](Nc3c(N)cc(Br)cc3C(=O)N3CCOCC3)C2)c1. The number of nitrogens with one attached hydrogen (secondary N) is 2. The summed E-state index contributed by atoms with van der Waals surface area (Å²) >= 11 is 3.46. The molecule has 33 heavy (non-hydrogen) atoms. The number of carbonyl (C=O) groups is 2. The van der Waals surface area contributed by atoms with Crippen LogP contribution in [0.3, 0.4) is 0 Å². The molecule has 2 amide bonds. The number of morpholine rings is 1. The molecule has 9 nitrogen and oxygen atoms in total. The van der Waals surface area contributed by atoms with Crippen molar-refractivity contribution in [1.82, 2.24) is 14.8 Å². The normalized spacial score (nSPS) is 18.7. The average molecular weight is 517 g/mol. The van der Waals surface area contributed by atoms with Gasteiger partial charge in [-0.25, -0.2) is 0 Å². The number of aromatic nitrogens is 1. The van der Waals surface area contributed by atoms with Gasteiger partial charge in [0.15, 0.2) is 0 Å². The lowest BCUT2D eigenvalue weighted by atomic mass is 10.0. The summed E-state index contributed by atoms with van der Waals surface area (Å²) in [6.07, 6.45) is 5.00. The molecule has 2 fully saturated rings. The van der Waals surface area contributed by atoms with Gasteiger partial charge in [-0.1, -0.05) is 15.9 Å². The van der Waals surface area contributed by atoms with Gasteiger partial charge in [-0.3, -0.25) is 14.6 Å². The lowest BCUT2D eigenvalue weighted by Gasteiger charge is -2.35. The van der Waals surface area contributed by atoms with E-state index in [-0.39, 0.29) is 17.9 Å². The number of carbonyl (C=O) groups excluding carboxylic acids is 2. The van der Waals surface area contributed by atoms with Crippen molar-refractivity contribution >= 4 is 44.8 Å². The topological polar surface area (TPSA) is 113 Å². The van der Waals surface area contributed by atoms with Crippen molar-refractivity contribution in [2.24, 2.45) is 0 Å². The molecule has 1 aromatic carbocycles. The van der Waals surface area contributed by atoms with E-state index >= 15 is 0 Å². The van der Waals surface area contributed by atoms with Crippen LogP contribution in [0.2, 0.25) is 0 Å². The number of halogens is 1. The summed E-state index contributed by atoms with van der Waals surface area (Å²) in [5.74, 6) is -0.132. The summed E-state index contributed by atoms with van der Waals surface area (Å²) in [5, 5.41) is 6.49. The number of ether oxygens (including phenoxy) is 1. The summed E-state index contributed by atoms with van der Waals surface area (Å²) in [4.78, 5) is 34.1. The van der Waals surface area contributed by atoms with E-state index in [0.29, 0.717) is 61.9 Å². The van der Waals surface area contributed by atoms with Gasteiger partial charge in [-0.2, -0.15) is 0 Å². The Morgan fingerprint density at radius 1 is 1.12 bits per heavy atom. The minimum absolute atomic E-state index is 0.0251. The molecule has 0 aliphatic carbocycles. The number of nitrogens with two attached hydrogens (primary N) is 1. The van der Waals surface area contributed by atoms with Crippen molar-refractivity contribution in [3.8, 4) is 0 Å². The van der Waals surface area contributed by atoms with E-state index in [1.54, 1.807) is 42.5 Å². The molecule has 3 heterocycles. The van der Waals surface area contributed by atoms with Crippen molar-refractivity contribution < 1.29 is 14.3 Å². The molecule has 1 atom stereocenters. The fraction of sp³-hybridized carbons (Fsp3) is 0.435. The van der Waals surface area contributed by atoms with E-state index in [1.165, 1.54) is 0 Å². The zero-order valence-electron chi connectivity index (χ0n) is 18.6. The summed E-state index contributed by atoms with van der Waals surface area (Å²) in [6.45, 7) is 3.36. The number of piperidine rings is 1. The Morgan fingerprint density at radius 2 is 1.91 bits per heavy atom. The van der Waals surface area contributed by atoms with Gasteiger partial charge >= 0.3 is 0 Å². The molecule has 0 spiro atoms. The lowest BCUT2D eigenvalue weighted by Crippen LogP contribution is -2.45. The van der Waals surface area contributed by atoms with Crippen molar-refractivity contribution in [3.05, 3.63) is 46.2 Å². The van der Waals surface area contributed by atoms with E-state index in [2.05, 4.69) is 31.5 Å². The monoisotopic (exact) mass is 516 g/mol. The molecular formula is C23H29BrN6O3. The van der Waals surface area contributed by atoms with Crippen LogP contribution >= 0.6 is 15.9 Å². The summed E-state index contributed by atoms with van der Waals surface area (Å²) in [7, 11) is 1.80. The maximum atomic E-state index is 13.3. The van der Waals surface area contributed by atoms with E-state index in [4.69, 9.17) is 10.5 Å². The third-order valence-corrected chi connectivity index (χ3v) is 6.45. The molecule has 0 unspecified atom stereocenters. The van der Waals surface area contributed by atoms with Gasteiger partial charge in [-0.15, -0.1) is 0 Å². The van der Waals surface area contributed by atoms with Gasteiger partial charge in [0.25, 0.3) is 11.8 Å². The number of benzene rings is 1. The molecule has 0 saturated carbocycles. The first-order valence-corrected chi connectivity index (χ1v) is 11.9. The Balaban J connectivity index is 1.52. The minimum Gasteiger partial charge on any atom is -0.397 e. The lowest BCUT2D eigenvalue weighted by molar-refractivity contribution is 0.0303. The molecule has 4 N–H and O–H groups in total. The first kappa shape index (κ1) is 23.3. The Kier molecular flexibility index (Phi) is 7.34. The molecule has 2 aliphatic heterocycles. The van der Waals surface area contributed by atoms with Crippen LogP contribution in [0.15, 0.2) is 35.1 Å². The highest BCUT2D eigenvalue weighted by molar-refractivity contribution is 9.10. The van der Waals surface area contributed by atoms with Crippen molar-refractivity contribution in [2.45, 2.75) is 18.9 Å². The van der Waals surface area contributed by atoms with E-state index in [9.17, 15) is 9.59 Å². The van der Waals surface area contributed by atoms with E-state index < -0.39 is 0 Å². The van der Waals surface area contributed by atoms with Crippen LogP contribution in [0.5, 0.6) is 0 Å². The Labute approximate surface area is 201 Å². The number of nitrogen functional groups attached to an aromatic ring is 1. The predicted molar refractivity (Wildman–Crippen MR) is 132 cm³/mol. The molecule has 10 heteroatoms. The summed E-state index contributed by atoms with van der Waals surface area (Å²) in [5.41, 5.74) is 9.32. The van der Waals surface area contributed by atoms with Crippen LogP contribution in [0.1, 0.15) is 33.6 Å². The van der Waals surface area contributed by atoms with Crippen LogP contribution in [0.25, 0.3) is 0 Å². The maximum Gasteiger partial charge on any atom is 0.256 e. The zero-order chi connectivity index (χ0) is 23.4. The van der Waals surface area contributed by atoms with Gasteiger partial charge in [0.2, 0.25) is 0 Å². The molecule has 0 bridgehead atoms. The number of hydrogen-bond donors (Lipinski definition) is 3. The van der Waals surface area contributed by atoms with Crippen molar-refractivity contribution in [1.29, 1.82) is 0 Å². The van der Waals surface area contributed by atoms with E-state index in [0.717, 1.165) is 23.0 Å². The number of hydrogen-bond acceptors (Lipinski definition) is 7. The predicted octanol–water partition coefficient (Wildman–Crippen LogP) is 2.66. The summed E-state index contributed by atoms with van der Waals surface area (Å²) in [6, 6.07) is 5.37. The highest BCUT2D eigenvalue weighted by atomic mass is 79.9. The molecule has 2 aromatic rings. The standard InChI is InChI=1S/C23H29BrN6O3/c1-26-18-9-15(12-27-13-18)22(31)30-4-2-3-17(14-30)28-21-19(10-16(24)11-20(21)25)23(32)29-5-7-33-8-6-29/h9-13,17,26,28H,2-8,14,25H2,1H3/t17-/m1/s1. The highest BCUT2D eigenvalue weighted by Crippen LogP contribution is 2.31. The average Bonchev–Trinajstić information content (AvgIpc) is 2.85. The molecule has 0 radical (unpaired) electrons. The van der Waals surface area contributed by atoms with Crippen LogP contribution in [-0.4, -0.2) is 79.1 Å². The van der Waals surface area contributed by atoms with Gasteiger partial charge in [0.05, 0.1) is 41.4 Å². The number of rotatable bonds is 5. The zero-order valence-corrected chi connectivity index (χ0v) is 20.2. The highest BCUT2D eigenvalue weighted by Gasteiger charge is 2.28. The minimum atomic E-state index is -0.0764. The molecular weight excluding hydrogens is 488 g/mol. The van der Waals surface area contributed by atoms with Gasteiger partial charge < -0.3 is 30.9 Å². The fourth-order valence-electron chi connectivity index (χ4n) is 4.25. The Hall–Kier alpha value is -2.85. The number of anilines is 3. The first-order chi connectivity index (χ1) is 16.0. The fourth-order valence-corrected chi connectivity index (χ4v) is 4.73. The molecule has 2 aliphatic rings. The van der Waals surface area contributed by atoms with E-state index in [1.807, 2.05) is 4.90 Å². The summed E-state index contributed by atoms with van der Waals surface area (Å²) < 4.78 is 6.13. The third kappa shape index (κ3) is 5.39. The molecule has 176 valence electrons. The smallest absolute Gasteiger partial charge is 0.256 e. The largest absolute Gasteiger partial charge is 0.397 e. The number of pyridine rings is 1. The van der Waals surface area contributed by atoms with Crippen LogP contribution in [-0.2, 0) is 4.74 Å². The van der Waals surface area contributed by atoms with Gasteiger partial charge in [0, 0.05) is 56.1 Å². The van der Waals surface area contributed by atoms with Crippen molar-refractivity contribution in [3.63, 3.8) is 0 Å². The van der Waals surface area contributed by atoms with Crippen LogP contribution < -0.4 is 16.4 Å². The second kappa shape index (κ2) is 10.4. The second-order valence-electron chi connectivity index (χ2n) is 8.27. The second-order valence-corrected chi connectivity index (χ2v) is 9.18. The third-order valence-electron chi connectivity index (χ3n) is 5.99. The maximum absolute atomic E-state index is 13.3. The molecule has 2 saturated heterocycles. The quantitative estimate of drug-likeness (QED) is 0.523. The number of nitrogens with zero attached hydrogens (tertiary/aromatic N) is 3. The number of amides is 2. The Bertz CT molecular complexity index is 1030. The first-order valence-electron chi connectivity index (χ1n) is 11.1. The Morgan fingerprint density at radius 3 is 2.67 bits per heavy atom. The van der Waals surface area contributed by atoms with Crippen LogP contribution in [0.4, 0.5) is 17.1 Å². The molecule has 1 aromatic heterocycles. The molecule has 4 rings (SSSR count). The van der Waals surface area contributed by atoms with Gasteiger partial charge in [0.1, 0.15) is 0 Å². The van der Waals surface area contributed by atoms with Crippen molar-refractivity contribution in [2.75, 3.05) is 62.8 Å². The number of likely N-dealkylation sites (tertiary alicyclic amines) is 1. The van der Waals surface area contributed by atoms with Crippen LogP contribution in [0, 0.1) is 0 Å².